The molecule has 2 atom stereocenters. The third-order valence-electron chi connectivity index (χ3n) is 3.77. The predicted molar refractivity (Wildman–Crippen MR) is 78.5 cm³/mol. The van der Waals surface area contributed by atoms with Crippen LogP contribution in [-0.4, -0.2) is 37.1 Å². The maximum atomic E-state index is 11.6. The smallest absolute Gasteiger partial charge is 0.292 e. The standard InChI is InChI=1S/C14H19N3O4/c1-9-11(5-6-21-9)8-16-12-7-10(14(18)15-2)3-4-13(12)17(19)20/h3-4,7,9,11,16H,5-6,8H2,1-2H3,(H,15,18). The highest BCUT2D eigenvalue weighted by Crippen LogP contribution is 2.27. The minimum atomic E-state index is -0.454. The highest BCUT2D eigenvalue weighted by Gasteiger charge is 2.25. The fraction of sp³-hybridized carbons (Fsp3) is 0.500. The van der Waals surface area contributed by atoms with Gasteiger partial charge in [0.25, 0.3) is 11.6 Å². The van der Waals surface area contributed by atoms with Crippen LogP contribution in [0.15, 0.2) is 18.2 Å². The summed E-state index contributed by atoms with van der Waals surface area (Å²) in [6, 6.07) is 4.31. The van der Waals surface area contributed by atoms with Crippen LogP contribution < -0.4 is 10.6 Å². The zero-order valence-corrected chi connectivity index (χ0v) is 12.1. The number of carbonyl (C=O) groups is 1. The van der Waals surface area contributed by atoms with Gasteiger partial charge in [-0.3, -0.25) is 14.9 Å². The van der Waals surface area contributed by atoms with Gasteiger partial charge in [0.15, 0.2) is 0 Å². The van der Waals surface area contributed by atoms with E-state index in [-0.39, 0.29) is 17.7 Å². The summed E-state index contributed by atoms with van der Waals surface area (Å²) in [6.07, 6.45) is 1.07. The summed E-state index contributed by atoms with van der Waals surface area (Å²) in [4.78, 5) is 22.2. The van der Waals surface area contributed by atoms with Crippen LogP contribution in [0.5, 0.6) is 0 Å². The summed E-state index contributed by atoms with van der Waals surface area (Å²) in [5.74, 6) is 0.0405. The molecule has 1 saturated heterocycles. The van der Waals surface area contributed by atoms with E-state index in [0.717, 1.165) is 6.42 Å². The lowest BCUT2D eigenvalue weighted by Crippen LogP contribution is -2.22. The van der Waals surface area contributed by atoms with Gasteiger partial charge < -0.3 is 15.4 Å². The Labute approximate surface area is 122 Å². The van der Waals surface area contributed by atoms with Crippen LogP contribution >= 0.6 is 0 Å². The fourth-order valence-corrected chi connectivity index (χ4v) is 2.41. The molecule has 0 aliphatic carbocycles. The average Bonchev–Trinajstić information content (AvgIpc) is 2.89. The van der Waals surface area contributed by atoms with Crippen LogP contribution in [0.2, 0.25) is 0 Å². The molecule has 0 aromatic heterocycles. The largest absolute Gasteiger partial charge is 0.379 e. The Morgan fingerprint density at radius 3 is 2.86 bits per heavy atom. The van der Waals surface area contributed by atoms with Crippen LogP contribution in [0.1, 0.15) is 23.7 Å². The zero-order chi connectivity index (χ0) is 15.4. The predicted octanol–water partition coefficient (Wildman–Crippen LogP) is 1.79. The molecule has 0 radical (unpaired) electrons. The first-order valence-electron chi connectivity index (χ1n) is 6.89. The second-order valence-electron chi connectivity index (χ2n) is 5.07. The lowest BCUT2D eigenvalue weighted by atomic mass is 10.0. The van der Waals surface area contributed by atoms with E-state index in [1.54, 1.807) is 0 Å². The first kappa shape index (κ1) is 15.2. The monoisotopic (exact) mass is 293 g/mol. The van der Waals surface area contributed by atoms with E-state index in [1.165, 1.54) is 25.2 Å². The van der Waals surface area contributed by atoms with Crippen molar-refractivity contribution in [2.24, 2.45) is 5.92 Å². The number of carbonyl (C=O) groups excluding carboxylic acids is 1. The number of nitrogens with one attached hydrogen (secondary N) is 2. The molecule has 7 heteroatoms. The maximum Gasteiger partial charge on any atom is 0.292 e. The van der Waals surface area contributed by atoms with Crippen LogP contribution in [-0.2, 0) is 4.74 Å². The molecular weight excluding hydrogens is 274 g/mol. The van der Waals surface area contributed by atoms with Gasteiger partial charge in [-0.25, -0.2) is 0 Å². The Balaban J connectivity index is 2.18. The molecule has 1 aliphatic heterocycles. The van der Waals surface area contributed by atoms with Crippen molar-refractivity contribution >= 4 is 17.3 Å². The van der Waals surface area contributed by atoms with Crippen molar-refractivity contribution in [2.45, 2.75) is 19.4 Å². The molecule has 1 aliphatic rings. The van der Waals surface area contributed by atoms with Gasteiger partial charge in [0, 0.05) is 37.7 Å². The van der Waals surface area contributed by atoms with Crippen molar-refractivity contribution in [1.82, 2.24) is 5.32 Å². The highest BCUT2D eigenvalue weighted by molar-refractivity contribution is 5.95. The molecule has 2 N–H and O–H groups in total. The van der Waals surface area contributed by atoms with Crippen molar-refractivity contribution in [3.8, 4) is 0 Å². The molecule has 0 saturated carbocycles. The minimum absolute atomic E-state index is 0.0331. The molecular formula is C14H19N3O4. The van der Waals surface area contributed by atoms with E-state index < -0.39 is 4.92 Å². The van der Waals surface area contributed by atoms with Crippen molar-refractivity contribution in [1.29, 1.82) is 0 Å². The highest BCUT2D eigenvalue weighted by atomic mass is 16.6. The number of ether oxygens (including phenoxy) is 1. The van der Waals surface area contributed by atoms with Gasteiger partial charge in [-0.05, 0) is 25.5 Å². The first-order chi connectivity index (χ1) is 10.0. The molecule has 2 rings (SSSR count). The number of nitro benzene ring substituents is 1. The van der Waals surface area contributed by atoms with E-state index in [1.807, 2.05) is 6.92 Å². The third-order valence-corrected chi connectivity index (χ3v) is 3.77. The Hall–Kier alpha value is -2.15. The molecule has 1 amide bonds. The Kier molecular flexibility index (Phi) is 4.74. The molecule has 21 heavy (non-hydrogen) atoms. The second-order valence-corrected chi connectivity index (χ2v) is 5.07. The molecule has 1 fully saturated rings. The quantitative estimate of drug-likeness (QED) is 0.637. The van der Waals surface area contributed by atoms with Gasteiger partial charge in [-0.15, -0.1) is 0 Å². The molecule has 7 nitrogen and oxygen atoms in total. The Bertz CT molecular complexity index is 547. The number of hydrogen-bond acceptors (Lipinski definition) is 5. The second kappa shape index (κ2) is 6.53. The fourth-order valence-electron chi connectivity index (χ4n) is 2.41. The first-order valence-corrected chi connectivity index (χ1v) is 6.89. The van der Waals surface area contributed by atoms with Crippen LogP contribution in [0.25, 0.3) is 0 Å². The molecule has 0 bridgehead atoms. The van der Waals surface area contributed by atoms with Crippen molar-refractivity contribution < 1.29 is 14.5 Å². The number of anilines is 1. The van der Waals surface area contributed by atoms with Gasteiger partial charge in [0.2, 0.25) is 0 Å². The molecule has 1 heterocycles. The van der Waals surface area contributed by atoms with Crippen LogP contribution in [0.4, 0.5) is 11.4 Å². The summed E-state index contributed by atoms with van der Waals surface area (Å²) in [7, 11) is 1.52. The number of nitro groups is 1. The molecule has 1 aromatic rings. The van der Waals surface area contributed by atoms with E-state index in [2.05, 4.69) is 10.6 Å². The minimum Gasteiger partial charge on any atom is -0.379 e. The summed E-state index contributed by atoms with van der Waals surface area (Å²) in [5.41, 5.74) is 0.718. The number of hydrogen-bond donors (Lipinski definition) is 2. The summed E-state index contributed by atoms with van der Waals surface area (Å²) >= 11 is 0. The topological polar surface area (TPSA) is 93.5 Å². The molecule has 2 unspecified atom stereocenters. The van der Waals surface area contributed by atoms with Crippen molar-refractivity contribution in [2.75, 3.05) is 25.5 Å². The maximum absolute atomic E-state index is 11.6. The zero-order valence-electron chi connectivity index (χ0n) is 12.1. The summed E-state index contributed by atoms with van der Waals surface area (Å²) in [6.45, 7) is 3.29. The number of amides is 1. The van der Waals surface area contributed by atoms with Gasteiger partial charge in [0.05, 0.1) is 11.0 Å². The lowest BCUT2D eigenvalue weighted by Gasteiger charge is -2.16. The summed E-state index contributed by atoms with van der Waals surface area (Å²) < 4.78 is 5.47. The molecule has 1 aromatic carbocycles. The lowest BCUT2D eigenvalue weighted by molar-refractivity contribution is -0.384. The van der Waals surface area contributed by atoms with Crippen LogP contribution in [0, 0.1) is 16.0 Å². The SMILES string of the molecule is CNC(=O)c1ccc([N+](=O)[O-])c(NCC2CCOC2C)c1. The number of benzene rings is 1. The third kappa shape index (κ3) is 3.49. The van der Waals surface area contributed by atoms with E-state index in [0.29, 0.717) is 30.3 Å². The van der Waals surface area contributed by atoms with Crippen molar-refractivity contribution in [3.63, 3.8) is 0 Å². The molecule has 114 valence electrons. The number of nitrogens with zero attached hydrogens (tertiary/aromatic N) is 1. The van der Waals surface area contributed by atoms with E-state index in [4.69, 9.17) is 4.74 Å². The van der Waals surface area contributed by atoms with Crippen LogP contribution in [0.3, 0.4) is 0 Å². The van der Waals surface area contributed by atoms with Gasteiger partial charge in [0.1, 0.15) is 5.69 Å². The molecule has 0 spiro atoms. The summed E-state index contributed by atoms with van der Waals surface area (Å²) in [5, 5.41) is 16.7. The van der Waals surface area contributed by atoms with Gasteiger partial charge in [-0.1, -0.05) is 0 Å². The Morgan fingerprint density at radius 1 is 1.52 bits per heavy atom. The normalized spacial score (nSPS) is 21.0. The number of rotatable bonds is 5. The Morgan fingerprint density at radius 2 is 2.29 bits per heavy atom. The van der Waals surface area contributed by atoms with Crippen molar-refractivity contribution in [3.05, 3.63) is 33.9 Å². The van der Waals surface area contributed by atoms with E-state index >= 15 is 0 Å². The van der Waals surface area contributed by atoms with E-state index in [9.17, 15) is 14.9 Å². The average molecular weight is 293 g/mol. The van der Waals surface area contributed by atoms with Gasteiger partial charge in [-0.2, -0.15) is 0 Å². The van der Waals surface area contributed by atoms with Gasteiger partial charge >= 0.3 is 0 Å².